The minimum absolute atomic E-state index is 0.0763. The van der Waals surface area contributed by atoms with Gasteiger partial charge in [0.1, 0.15) is 5.84 Å². The average Bonchev–Trinajstić information content (AvgIpc) is 2.27. The Balaban J connectivity index is 3.35. The predicted molar refractivity (Wildman–Crippen MR) is 54.0 cm³/mol. The Kier molecular flexibility index (Phi) is 3.21. The van der Waals surface area contributed by atoms with Crippen LogP contribution in [0.1, 0.15) is 26.3 Å². The third-order valence-electron chi connectivity index (χ3n) is 1.83. The van der Waals surface area contributed by atoms with Gasteiger partial charge in [-0.05, 0) is 18.2 Å². The van der Waals surface area contributed by atoms with Crippen LogP contribution in [0.25, 0.3) is 0 Å². The number of hydrogen-bond donors (Lipinski definition) is 4. The smallest absolute Gasteiger partial charge is 0.356 e. The summed E-state index contributed by atoms with van der Waals surface area (Å²) in [5, 5.41) is 15.9. The van der Waals surface area contributed by atoms with E-state index in [1.54, 1.807) is 0 Å². The van der Waals surface area contributed by atoms with Gasteiger partial charge in [-0.15, -0.1) is 0 Å². The molecule has 0 unspecified atom stereocenters. The molecule has 16 heavy (non-hydrogen) atoms. The van der Waals surface area contributed by atoms with Crippen LogP contribution in [0.2, 0.25) is 0 Å². The molecular formula is C9H9N3O4. The Morgan fingerprint density at radius 3 is 2.12 bits per heavy atom. The maximum atomic E-state index is 11.1. The minimum atomic E-state index is -1.24. The molecule has 7 nitrogen and oxygen atoms in total. The molecule has 0 saturated heterocycles. The van der Waals surface area contributed by atoms with E-state index in [1.807, 2.05) is 0 Å². The van der Waals surface area contributed by atoms with E-state index in [0.29, 0.717) is 0 Å². The molecule has 0 bridgehead atoms. The Morgan fingerprint density at radius 1 is 1.19 bits per heavy atom. The molecule has 0 spiro atoms. The first-order chi connectivity index (χ1) is 7.45. The highest BCUT2D eigenvalue weighted by Crippen LogP contribution is 2.11. The van der Waals surface area contributed by atoms with Gasteiger partial charge in [0, 0.05) is 5.56 Å². The first-order valence-electron chi connectivity index (χ1n) is 4.09. The molecule has 0 aliphatic rings. The first kappa shape index (κ1) is 11.7. The fourth-order valence-corrected chi connectivity index (χ4v) is 1.09. The molecule has 1 aromatic rings. The summed E-state index contributed by atoms with van der Waals surface area (Å²) in [5.74, 6) is 2.18. The van der Waals surface area contributed by atoms with Crippen LogP contribution in [0, 0.1) is 5.41 Å². The fourth-order valence-electron chi connectivity index (χ4n) is 1.09. The number of nitrogen functional groups attached to an aromatic ring is 1. The molecule has 0 saturated carbocycles. The van der Waals surface area contributed by atoms with E-state index in [1.165, 1.54) is 12.1 Å². The normalized spacial score (nSPS) is 9.56. The largest absolute Gasteiger partial charge is 0.478 e. The Morgan fingerprint density at radius 2 is 1.69 bits per heavy atom. The van der Waals surface area contributed by atoms with Gasteiger partial charge in [-0.3, -0.25) is 5.41 Å². The molecule has 1 aromatic carbocycles. The lowest BCUT2D eigenvalue weighted by atomic mass is 10.1. The summed E-state index contributed by atoms with van der Waals surface area (Å²) < 4.78 is 0. The lowest BCUT2D eigenvalue weighted by molar-refractivity contribution is 0.0503. The highest BCUT2D eigenvalue weighted by Gasteiger charge is 2.13. The van der Waals surface area contributed by atoms with E-state index in [9.17, 15) is 9.59 Å². The highest BCUT2D eigenvalue weighted by molar-refractivity contribution is 6.02. The fraction of sp³-hybridized carbons (Fsp3) is 0. The van der Waals surface area contributed by atoms with E-state index in [2.05, 4.69) is 10.7 Å². The van der Waals surface area contributed by atoms with Crippen molar-refractivity contribution in [1.29, 1.82) is 5.41 Å². The summed E-state index contributed by atoms with van der Waals surface area (Å²) >= 11 is 0. The number of carboxylic acid groups (broad SMARTS) is 1. The van der Waals surface area contributed by atoms with Crippen molar-refractivity contribution in [2.24, 2.45) is 11.6 Å². The van der Waals surface area contributed by atoms with Crippen LogP contribution in [0.3, 0.4) is 0 Å². The van der Waals surface area contributed by atoms with Crippen molar-refractivity contribution in [2.45, 2.75) is 0 Å². The number of carboxylic acids is 1. The Labute approximate surface area is 90.1 Å². The van der Waals surface area contributed by atoms with Crippen LogP contribution in [0.15, 0.2) is 18.2 Å². The van der Waals surface area contributed by atoms with Gasteiger partial charge in [0.15, 0.2) is 0 Å². The molecule has 7 heteroatoms. The summed E-state index contributed by atoms with van der Waals surface area (Å²) in [6, 6.07) is 3.49. The monoisotopic (exact) mass is 223 g/mol. The molecule has 0 aliphatic heterocycles. The zero-order chi connectivity index (χ0) is 12.3. The Bertz CT molecular complexity index is 438. The van der Waals surface area contributed by atoms with Crippen LogP contribution in [-0.4, -0.2) is 22.9 Å². The van der Waals surface area contributed by atoms with Crippen molar-refractivity contribution in [3.05, 3.63) is 34.9 Å². The van der Waals surface area contributed by atoms with E-state index in [4.69, 9.17) is 16.2 Å². The van der Waals surface area contributed by atoms with Gasteiger partial charge >= 0.3 is 11.9 Å². The molecule has 1 rings (SSSR count). The minimum Gasteiger partial charge on any atom is -0.478 e. The van der Waals surface area contributed by atoms with Gasteiger partial charge < -0.3 is 15.7 Å². The third kappa shape index (κ3) is 2.34. The topological polar surface area (TPSA) is 139 Å². The van der Waals surface area contributed by atoms with Gasteiger partial charge in [0.2, 0.25) is 0 Å². The maximum Gasteiger partial charge on any atom is 0.356 e. The van der Waals surface area contributed by atoms with E-state index >= 15 is 0 Å². The molecule has 6 N–H and O–H groups in total. The summed E-state index contributed by atoms with van der Waals surface area (Å²) in [5.41, 5.74) is 5.06. The average molecular weight is 223 g/mol. The molecule has 0 aliphatic carbocycles. The van der Waals surface area contributed by atoms with Crippen LogP contribution < -0.4 is 11.6 Å². The summed E-state index contributed by atoms with van der Waals surface area (Å²) in [7, 11) is 0. The zero-order valence-electron chi connectivity index (χ0n) is 8.06. The number of carbonyl (C=O) groups is 2. The molecule has 0 radical (unpaired) electrons. The maximum absolute atomic E-state index is 11.1. The summed E-state index contributed by atoms with van der Waals surface area (Å²) in [6.45, 7) is 0. The van der Waals surface area contributed by atoms with Gasteiger partial charge in [-0.2, -0.15) is 5.90 Å². The quantitative estimate of drug-likeness (QED) is 0.315. The first-order valence-corrected chi connectivity index (χ1v) is 4.09. The van der Waals surface area contributed by atoms with E-state index < -0.39 is 11.9 Å². The van der Waals surface area contributed by atoms with Gasteiger partial charge in [-0.1, -0.05) is 0 Å². The SMILES string of the molecule is N=C(N)c1cc(C(=O)O)cc(C(=O)ON)c1. The molecular weight excluding hydrogens is 214 g/mol. The van der Waals surface area contributed by atoms with Gasteiger partial charge in [0.25, 0.3) is 0 Å². The van der Waals surface area contributed by atoms with Gasteiger partial charge in [0.05, 0.1) is 11.1 Å². The van der Waals surface area contributed by atoms with E-state index in [0.717, 1.165) is 6.07 Å². The molecule has 0 fully saturated rings. The van der Waals surface area contributed by atoms with Gasteiger partial charge in [-0.25, -0.2) is 9.59 Å². The van der Waals surface area contributed by atoms with Crippen LogP contribution in [-0.2, 0) is 4.84 Å². The number of aromatic carboxylic acids is 1. The molecule has 0 aromatic heterocycles. The highest BCUT2D eigenvalue weighted by atomic mass is 16.7. The number of nitrogens with two attached hydrogens (primary N) is 2. The molecule has 0 amide bonds. The van der Waals surface area contributed by atoms with Crippen LogP contribution >= 0.6 is 0 Å². The number of rotatable bonds is 3. The van der Waals surface area contributed by atoms with Crippen molar-refractivity contribution >= 4 is 17.8 Å². The third-order valence-corrected chi connectivity index (χ3v) is 1.83. The summed E-state index contributed by atoms with van der Waals surface area (Å²) in [6.07, 6.45) is 0. The van der Waals surface area contributed by atoms with E-state index in [-0.39, 0.29) is 22.5 Å². The number of nitrogens with one attached hydrogen (secondary N) is 1. The van der Waals surface area contributed by atoms with Crippen molar-refractivity contribution in [3.63, 3.8) is 0 Å². The number of amidine groups is 1. The number of benzene rings is 1. The van der Waals surface area contributed by atoms with Crippen LogP contribution in [0.5, 0.6) is 0 Å². The number of carbonyl (C=O) groups excluding carboxylic acids is 1. The summed E-state index contributed by atoms with van der Waals surface area (Å²) in [4.78, 5) is 25.8. The standard InChI is InChI=1S/C9H9N3O4/c10-7(11)4-1-5(8(13)14)3-6(2-4)9(15)16-12/h1-3H,12H2,(H3,10,11)(H,13,14). The second kappa shape index (κ2) is 4.41. The molecule has 84 valence electrons. The predicted octanol–water partition coefficient (Wildman–Crippen LogP) is -0.301. The van der Waals surface area contributed by atoms with Crippen molar-refractivity contribution in [2.75, 3.05) is 0 Å². The van der Waals surface area contributed by atoms with Crippen LogP contribution in [0.4, 0.5) is 0 Å². The zero-order valence-corrected chi connectivity index (χ0v) is 8.06. The second-order valence-electron chi connectivity index (χ2n) is 2.92. The molecule has 0 atom stereocenters. The van der Waals surface area contributed by atoms with Crippen molar-refractivity contribution < 1.29 is 19.5 Å². The molecule has 0 heterocycles. The lowest BCUT2D eigenvalue weighted by Crippen LogP contribution is -2.16. The lowest BCUT2D eigenvalue weighted by Gasteiger charge is -2.04. The Hall–Kier alpha value is -2.41. The van der Waals surface area contributed by atoms with Crippen molar-refractivity contribution in [3.8, 4) is 0 Å². The second-order valence-corrected chi connectivity index (χ2v) is 2.92. The number of hydrogen-bond acceptors (Lipinski definition) is 5. The van der Waals surface area contributed by atoms with Crippen molar-refractivity contribution in [1.82, 2.24) is 0 Å².